The molecule has 14 heteroatoms. The van der Waals surface area contributed by atoms with Crippen LogP contribution in [0, 0.1) is 11.6 Å². The number of pyridine rings is 2. The molecule has 5 rings (SSSR count). The summed E-state index contributed by atoms with van der Waals surface area (Å²) in [6.45, 7) is 0.765. The van der Waals surface area contributed by atoms with Crippen molar-refractivity contribution in [2.24, 2.45) is 7.05 Å². The Labute approximate surface area is 270 Å². The molecule has 0 spiro atoms. The predicted octanol–water partition coefficient (Wildman–Crippen LogP) is 5.92. The van der Waals surface area contributed by atoms with E-state index in [0.717, 1.165) is 14.0 Å². The molecule has 3 aromatic carbocycles. The number of fused-ring (bicyclic) bond motifs is 2. The fraction of sp³-hybridized carbons (Fsp3) is 0.235. The molecular weight excluding hydrogens is 639 g/mol. The van der Waals surface area contributed by atoms with Crippen LogP contribution in [0.5, 0.6) is 5.75 Å². The maximum Gasteiger partial charge on any atom is 0.408 e. The van der Waals surface area contributed by atoms with Crippen molar-refractivity contribution in [1.29, 1.82) is 0 Å². The number of rotatable bonds is 9. The van der Waals surface area contributed by atoms with Gasteiger partial charge in [-0.25, -0.2) is 13.6 Å². The number of ether oxygens (including phenoxy) is 2. The topological polar surface area (TPSA) is 112 Å². The molecule has 0 bridgehead atoms. The number of carbonyl (C=O) groups is 2. The molecular formula is C34H29F5N4O5. The van der Waals surface area contributed by atoms with Crippen LogP contribution in [0.15, 0.2) is 71.7 Å². The molecule has 2 N–H and O–H groups in total. The summed E-state index contributed by atoms with van der Waals surface area (Å²) in [6, 6.07) is 11.3. The summed E-state index contributed by atoms with van der Waals surface area (Å²) in [6.07, 6.45) is -3.39. The van der Waals surface area contributed by atoms with Gasteiger partial charge in [0.1, 0.15) is 35.0 Å². The van der Waals surface area contributed by atoms with Gasteiger partial charge in [-0.3, -0.25) is 14.6 Å². The standard InChI is InChI=1S/C34H29F5N4O5/c1-17(34(37,38)39)41-19-15-23(35)28(24(36)16-19)31(44)42-25(33(46)48-4)14-18-11-12-22(29-20(18)9-7-13-40-29)27-30(47-3)21-8-5-6-10-26(21)43(2)32(27)45/h5-13,15-17,25,41H,14H2,1-4H3,(H,42,44)/t17-,25+/m1/s1. The van der Waals surface area contributed by atoms with E-state index in [0.29, 0.717) is 50.8 Å². The molecule has 5 aromatic rings. The summed E-state index contributed by atoms with van der Waals surface area (Å²) in [5.41, 5.74) is 0.211. The number of anilines is 1. The number of amides is 1. The van der Waals surface area contributed by atoms with Crippen molar-refractivity contribution in [1.82, 2.24) is 14.9 Å². The molecule has 9 nitrogen and oxygen atoms in total. The Balaban J connectivity index is 1.52. The second-order valence-corrected chi connectivity index (χ2v) is 10.9. The van der Waals surface area contributed by atoms with Gasteiger partial charge in [-0.1, -0.05) is 30.3 Å². The molecule has 0 aliphatic rings. The number of aryl methyl sites for hydroxylation is 1. The normalized spacial score (nSPS) is 12.9. The summed E-state index contributed by atoms with van der Waals surface area (Å²) in [7, 11) is 4.16. The van der Waals surface area contributed by atoms with Crippen LogP contribution in [0.25, 0.3) is 32.9 Å². The number of benzene rings is 3. The fourth-order valence-electron chi connectivity index (χ4n) is 5.52. The van der Waals surface area contributed by atoms with Crippen LogP contribution in [-0.4, -0.2) is 53.9 Å². The van der Waals surface area contributed by atoms with E-state index in [1.54, 1.807) is 43.4 Å². The van der Waals surface area contributed by atoms with Crippen molar-refractivity contribution in [3.8, 4) is 16.9 Å². The number of hydrogen-bond acceptors (Lipinski definition) is 7. The third-order valence-corrected chi connectivity index (χ3v) is 7.95. The van der Waals surface area contributed by atoms with Gasteiger partial charge in [-0.2, -0.15) is 13.2 Å². The minimum absolute atomic E-state index is 0.222. The first kappa shape index (κ1) is 33.8. The minimum atomic E-state index is -4.69. The first-order valence-electron chi connectivity index (χ1n) is 14.5. The van der Waals surface area contributed by atoms with E-state index < -0.39 is 53.0 Å². The fourth-order valence-corrected chi connectivity index (χ4v) is 5.52. The number of nitrogens with one attached hydrogen (secondary N) is 2. The Morgan fingerprint density at radius 1 is 0.979 bits per heavy atom. The van der Waals surface area contributed by atoms with Crippen molar-refractivity contribution in [3.63, 3.8) is 0 Å². The maximum absolute atomic E-state index is 14.9. The average molecular weight is 669 g/mol. The van der Waals surface area contributed by atoms with Crippen molar-refractivity contribution in [2.45, 2.75) is 31.6 Å². The summed E-state index contributed by atoms with van der Waals surface area (Å²) >= 11 is 0. The lowest BCUT2D eigenvalue weighted by Crippen LogP contribution is -2.43. The monoisotopic (exact) mass is 668 g/mol. The number of hydrogen-bond donors (Lipinski definition) is 2. The number of halogens is 5. The Hall–Kier alpha value is -5.53. The molecule has 0 aliphatic heterocycles. The Kier molecular flexibility index (Phi) is 9.37. The van der Waals surface area contributed by atoms with Crippen molar-refractivity contribution < 1.29 is 41.0 Å². The van der Waals surface area contributed by atoms with Crippen LogP contribution in [0.1, 0.15) is 22.8 Å². The number of carbonyl (C=O) groups excluding carboxylic acids is 2. The molecule has 2 aromatic heterocycles. The van der Waals surface area contributed by atoms with E-state index in [4.69, 9.17) is 9.47 Å². The van der Waals surface area contributed by atoms with Gasteiger partial charge in [0.05, 0.1) is 30.8 Å². The second-order valence-electron chi connectivity index (χ2n) is 10.9. The van der Waals surface area contributed by atoms with Crippen molar-refractivity contribution in [3.05, 3.63) is 100.0 Å². The Bertz CT molecular complexity index is 2090. The van der Waals surface area contributed by atoms with Crippen LogP contribution in [0.3, 0.4) is 0 Å². The molecule has 2 heterocycles. The lowest BCUT2D eigenvalue weighted by atomic mass is 9.94. The van der Waals surface area contributed by atoms with E-state index in [9.17, 15) is 36.3 Å². The quantitative estimate of drug-likeness (QED) is 0.148. The highest BCUT2D eigenvalue weighted by Gasteiger charge is 2.36. The van der Waals surface area contributed by atoms with Crippen LogP contribution < -0.4 is 20.9 Å². The number of methoxy groups -OCH3 is 2. The van der Waals surface area contributed by atoms with E-state index in [-0.39, 0.29) is 17.5 Å². The number of alkyl halides is 3. The zero-order valence-electron chi connectivity index (χ0n) is 26.0. The molecule has 250 valence electrons. The summed E-state index contributed by atoms with van der Waals surface area (Å²) < 4.78 is 80.7. The van der Waals surface area contributed by atoms with Gasteiger partial charge in [0.15, 0.2) is 0 Å². The largest absolute Gasteiger partial charge is 0.495 e. The number of aromatic nitrogens is 2. The highest BCUT2D eigenvalue weighted by molar-refractivity contribution is 6.02. The van der Waals surface area contributed by atoms with Gasteiger partial charge >= 0.3 is 12.1 Å². The first-order valence-corrected chi connectivity index (χ1v) is 14.5. The van der Waals surface area contributed by atoms with Crippen LogP contribution in [0.2, 0.25) is 0 Å². The molecule has 0 radical (unpaired) electrons. The predicted molar refractivity (Wildman–Crippen MR) is 169 cm³/mol. The number of nitrogens with zero attached hydrogens (tertiary/aromatic N) is 2. The van der Waals surface area contributed by atoms with Crippen LogP contribution in [-0.2, 0) is 23.0 Å². The molecule has 0 saturated heterocycles. The average Bonchev–Trinajstić information content (AvgIpc) is 3.05. The third kappa shape index (κ3) is 6.37. The highest BCUT2D eigenvalue weighted by atomic mass is 19.4. The van der Waals surface area contributed by atoms with Gasteiger partial charge < -0.3 is 24.7 Å². The zero-order valence-corrected chi connectivity index (χ0v) is 26.0. The van der Waals surface area contributed by atoms with Crippen molar-refractivity contribution >= 4 is 39.4 Å². The molecule has 0 aliphatic carbocycles. The third-order valence-electron chi connectivity index (χ3n) is 7.95. The maximum atomic E-state index is 14.9. The summed E-state index contributed by atoms with van der Waals surface area (Å²) in [5.74, 6) is -4.83. The molecule has 0 fully saturated rings. The zero-order chi connectivity index (χ0) is 34.9. The molecule has 1 amide bonds. The van der Waals surface area contributed by atoms with Crippen LogP contribution in [0.4, 0.5) is 27.6 Å². The van der Waals surface area contributed by atoms with Gasteiger partial charge in [0.25, 0.3) is 11.5 Å². The smallest absolute Gasteiger partial charge is 0.408 e. The lowest BCUT2D eigenvalue weighted by molar-refractivity contribution is -0.143. The number of esters is 1. The minimum Gasteiger partial charge on any atom is -0.495 e. The first-order chi connectivity index (χ1) is 22.8. The van der Waals surface area contributed by atoms with Gasteiger partial charge in [-0.15, -0.1) is 0 Å². The summed E-state index contributed by atoms with van der Waals surface area (Å²) in [4.78, 5) is 44.1. The molecule has 0 saturated carbocycles. The van der Waals surface area contributed by atoms with Gasteiger partial charge in [0, 0.05) is 41.7 Å². The second kappa shape index (κ2) is 13.3. The number of para-hydroxylation sites is 1. The van der Waals surface area contributed by atoms with E-state index in [2.05, 4.69) is 10.3 Å². The molecule has 0 unspecified atom stereocenters. The SMILES string of the molecule is COC(=O)[C@H](Cc1ccc(-c2c(OC)c3ccccc3n(C)c2=O)c2ncccc12)NC(=O)c1c(F)cc(N[C@H](C)C(F)(F)F)cc1F. The molecule has 2 atom stereocenters. The van der Waals surface area contributed by atoms with E-state index in [1.165, 1.54) is 17.9 Å². The Morgan fingerprint density at radius 2 is 1.65 bits per heavy atom. The van der Waals surface area contributed by atoms with Gasteiger partial charge in [0.2, 0.25) is 0 Å². The van der Waals surface area contributed by atoms with Crippen molar-refractivity contribution in [2.75, 3.05) is 19.5 Å². The summed E-state index contributed by atoms with van der Waals surface area (Å²) in [5, 5.41) is 5.41. The molecule has 48 heavy (non-hydrogen) atoms. The van der Waals surface area contributed by atoms with Crippen LogP contribution >= 0.6 is 0 Å². The Morgan fingerprint density at radius 3 is 2.29 bits per heavy atom. The lowest BCUT2D eigenvalue weighted by Gasteiger charge is -2.20. The van der Waals surface area contributed by atoms with E-state index in [1.807, 2.05) is 17.4 Å². The van der Waals surface area contributed by atoms with E-state index >= 15 is 0 Å². The van der Waals surface area contributed by atoms with Gasteiger partial charge in [-0.05, 0) is 42.8 Å². The highest BCUT2D eigenvalue weighted by Crippen LogP contribution is 2.37.